The topological polar surface area (TPSA) is 41.6 Å². The van der Waals surface area contributed by atoms with Crippen LogP contribution < -0.4 is 5.32 Å². The van der Waals surface area contributed by atoms with Gasteiger partial charge in [-0.15, -0.1) is 0 Å². The summed E-state index contributed by atoms with van der Waals surface area (Å²) >= 11 is 0. The summed E-state index contributed by atoms with van der Waals surface area (Å²) in [6.45, 7) is 4.96. The lowest BCUT2D eigenvalue weighted by molar-refractivity contribution is -0.149. The first-order valence-corrected chi connectivity index (χ1v) is 9.69. The summed E-state index contributed by atoms with van der Waals surface area (Å²) in [5.74, 6) is -0.332. The molecule has 1 N–H and O–H groups in total. The van der Waals surface area contributed by atoms with Crippen molar-refractivity contribution in [3.63, 3.8) is 0 Å². The van der Waals surface area contributed by atoms with Crippen LogP contribution in [0.25, 0.3) is 0 Å². The van der Waals surface area contributed by atoms with Crippen LogP contribution in [0.4, 0.5) is 13.2 Å². The number of halogens is 3. The Bertz CT molecular complexity index is 644. The fourth-order valence-corrected chi connectivity index (χ4v) is 4.14. The zero-order chi connectivity index (χ0) is 19.4. The number of carbonyl (C=O) groups is 1. The van der Waals surface area contributed by atoms with E-state index in [0.29, 0.717) is 32.5 Å². The summed E-state index contributed by atoms with van der Waals surface area (Å²) in [5.41, 5.74) is 1.67. The number of hydrogen-bond donors (Lipinski definition) is 1. The normalized spacial score (nSPS) is 25.5. The fraction of sp³-hybridized carbons (Fsp3) is 0.650. The number of ether oxygens (including phenoxy) is 1. The van der Waals surface area contributed by atoms with Crippen molar-refractivity contribution in [2.24, 2.45) is 5.92 Å². The van der Waals surface area contributed by atoms with Gasteiger partial charge < -0.3 is 10.1 Å². The summed E-state index contributed by atoms with van der Waals surface area (Å²) in [4.78, 5) is 14.1. The molecule has 2 aliphatic heterocycles. The molecule has 150 valence electrons. The molecule has 27 heavy (non-hydrogen) atoms. The molecule has 2 heterocycles. The molecule has 1 fully saturated rings. The molecule has 1 saturated heterocycles. The van der Waals surface area contributed by atoms with E-state index < -0.39 is 11.7 Å². The van der Waals surface area contributed by atoms with Gasteiger partial charge in [-0.1, -0.05) is 18.2 Å². The number of likely N-dealkylation sites (tertiary alicyclic amines) is 1. The molecule has 1 aliphatic carbocycles. The minimum absolute atomic E-state index is 0.0236. The van der Waals surface area contributed by atoms with Crippen molar-refractivity contribution >= 4 is 5.97 Å². The molecule has 4 nitrogen and oxygen atoms in total. The molecule has 0 radical (unpaired) electrons. The van der Waals surface area contributed by atoms with Crippen molar-refractivity contribution in [1.29, 1.82) is 0 Å². The highest BCUT2D eigenvalue weighted by atomic mass is 19.4. The first-order chi connectivity index (χ1) is 12.9. The minimum Gasteiger partial charge on any atom is -0.466 e. The van der Waals surface area contributed by atoms with Gasteiger partial charge in [0.2, 0.25) is 0 Å². The monoisotopic (exact) mass is 384 g/mol. The van der Waals surface area contributed by atoms with Gasteiger partial charge >= 0.3 is 12.1 Å². The van der Waals surface area contributed by atoms with Crippen molar-refractivity contribution in [3.8, 4) is 0 Å². The van der Waals surface area contributed by atoms with E-state index in [4.69, 9.17) is 4.74 Å². The quantitative estimate of drug-likeness (QED) is 0.755. The van der Waals surface area contributed by atoms with Crippen LogP contribution >= 0.6 is 0 Å². The molecule has 1 unspecified atom stereocenters. The Balaban J connectivity index is 1.76. The Hall–Kier alpha value is -1.60. The van der Waals surface area contributed by atoms with E-state index in [-0.39, 0.29) is 24.3 Å². The number of piperidine rings is 1. The summed E-state index contributed by atoms with van der Waals surface area (Å²) < 4.78 is 45.0. The highest BCUT2D eigenvalue weighted by Crippen LogP contribution is 2.39. The molecule has 0 aromatic rings. The Labute approximate surface area is 158 Å². The lowest BCUT2D eigenvalue weighted by Gasteiger charge is -2.40. The smallest absolute Gasteiger partial charge is 0.412 e. The molecular formula is C20H27F3N2O2. The van der Waals surface area contributed by atoms with Crippen LogP contribution in [0, 0.1) is 5.92 Å². The Morgan fingerprint density at radius 2 is 2.04 bits per heavy atom. The van der Waals surface area contributed by atoms with Crippen LogP contribution in [0.15, 0.2) is 34.9 Å². The molecule has 0 aromatic carbocycles. The molecule has 1 atom stereocenters. The zero-order valence-corrected chi connectivity index (χ0v) is 15.6. The van der Waals surface area contributed by atoms with E-state index in [1.165, 1.54) is 6.08 Å². The Morgan fingerprint density at radius 1 is 1.30 bits per heavy atom. The average molecular weight is 384 g/mol. The molecular weight excluding hydrogens is 357 g/mol. The van der Waals surface area contributed by atoms with E-state index in [9.17, 15) is 18.0 Å². The second-order valence-corrected chi connectivity index (χ2v) is 7.28. The second kappa shape index (κ2) is 8.61. The molecule has 7 heteroatoms. The van der Waals surface area contributed by atoms with Gasteiger partial charge in [-0.2, -0.15) is 13.2 Å². The van der Waals surface area contributed by atoms with Crippen LogP contribution in [0.5, 0.6) is 0 Å². The molecule has 0 saturated carbocycles. The third-order valence-corrected chi connectivity index (χ3v) is 5.63. The predicted octanol–water partition coefficient (Wildman–Crippen LogP) is 3.37. The molecule has 3 aliphatic rings. The van der Waals surface area contributed by atoms with Crippen molar-refractivity contribution in [1.82, 2.24) is 10.2 Å². The highest BCUT2D eigenvalue weighted by Gasteiger charge is 2.40. The van der Waals surface area contributed by atoms with E-state index in [1.807, 2.05) is 0 Å². The highest BCUT2D eigenvalue weighted by molar-refractivity contribution is 5.72. The maximum Gasteiger partial charge on any atom is 0.412 e. The van der Waals surface area contributed by atoms with Crippen LogP contribution in [0.1, 0.15) is 32.6 Å². The van der Waals surface area contributed by atoms with Crippen molar-refractivity contribution in [2.45, 2.75) is 44.8 Å². The van der Waals surface area contributed by atoms with Crippen LogP contribution in [0.3, 0.4) is 0 Å². The summed E-state index contributed by atoms with van der Waals surface area (Å²) in [6, 6.07) is -0.279. The minimum atomic E-state index is -4.30. The van der Waals surface area contributed by atoms with Crippen molar-refractivity contribution < 1.29 is 22.7 Å². The number of allylic oxidation sites excluding steroid dienone is 2. The van der Waals surface area contributed by atoms with Crippen molar-refractivity contribution in [2.75, 3.05) is 32.8 Å². The first kappa shape index (κ1) is 20.1. The van der Waals surface area contributed by atoms with Gasteiger partial charge in [0, 0.05) is 18.2 Å². The largest absolute Gasteiger partial charge is 0.466 e. The lowest BCUT2D eigenvalue weighted by atomic mass is 9.83. The van der Waals surface area contributed by atoms with Crippen LogP contribution in [-0.4, -0.2) is 55.9 Å². The van der Waals surface area contributed by atoms with E-state index in [0.717, 1.165) is 30.7 Å². The Kier molecular flexibility index (Phi) is 6.42. The van der Waals surface area contributed by atoms with Gasteiger partial charge in [0.25, 0.3) is 0 Å². The molecule has 0 bridgehead atoms. The summed E-state index contributed by atoms with van der Waals surface area (Å²) in [5, 5.41) is 3.25. The molecule has 0 aromatic heterocycles. The van der Waals surface area contributed by atoms with E-state index in [2.05, 4.69) is 16.3 Å². The molecule has 0 amide bonds. The van der Waals surface area contributed by atoms with Gasteiger partial charge in [0.1, 0.15) is 0 Å². The number of nitrogens with one attached hydrogen (secondary N) is 1. The number of alkyl halides is 3. The SMILES string of the molecule is CCOC(=O)C1CCN(C2CC(C(F)(F)F)=CC=C2C2=CCNCC2)CC1. The van der Waals surface area contributed by atoms with Crippen molar-refractivity contribution in [3.05, 3.63) is 34.9 Å². The van der Waals surface area contributed by atoms with Gasteiger partial charge in [-0.05, 0) is 63.4 Å². The number of hydrogen-bond acceptors (Lipinski definition) is 4. The number of nitrogens with zero attached hydrogens (tertiary/aromatic N) is 1. The van der Waals surface area contributed by atoms with Crippen LogP contribution in [0.2, 0.25) is 0 Å². The van der Waals surface area contributed by atoms with E-state index >= 15 is 0 Å². The van der Waals surface area contributed by atoms with Gasteiger partial charge in [0.15, 0.2) is 0 Å². The van der Waals surface area contributed by atoms with Gasteiger partial charge in [-0.3, -0.25) is 9.69 Å². The summed E-state index contributed by atoms with van der Waals surface area (Å²) in [6.07, 6.45) is 2.75. The Morgan fingerprint density at radius 3 is 2.63 bits per heavy atom. The second-order valence-electron chi connectivity index (χ2n) is 7.28. The third-order valence-electron chi connectivity index (χ3n) is 5.63. The third kappa shape index (κ3) is 4.82. The lowest BCUT2D eigenvalue weighted by Crippen LogP contribution is -2.46. The van der Waals surface area contributed by atoms with Crippen LogP contribution in [-0.2, 0) is 9.53 Å². The van der Waals surface area contributed by atoms with Gasteiger partial charge in [-0.25, -0.2) is 0 Å². The maximum atomic E-state index is 13.3. The molecule has 0 spiro atoms. The predicted molar refractivity (Wildman–Crippen MR) is 97.1 cm³/mol. The van der Waals surface area contributed by atoms with E-state index in [1.54, 1.807) is 13.0 Å². The van der Waals surface area contributed by atoms with Gasteiger partial charge in [0.05, 0.1) is 12.5 Å². The first-order valence-electron chi connectivity index (χ1n) is 9.69. The summed E-state index contributed by atoms with van der Waals surface area (Å²) in [7, 11) is 0. The number of carbonyl (C=O) groups excluding carboxylic acids is 1. The number of rotatable bonds is 4. The number of esters is 1. The standard InChI is InChI=1S/C20H27F3N2O2/c1-2-27-19(26)15-7-11-25(12-8-15)18-13-16(20(21,22)23)3-4-17(18)14-5-9-24-10-6-14/h3-5,15,18,24H,2,6-13H2,1H3. The fourth-order valence-electron chi connectivity index (χ4n) is 4.14. The zero-order valence-electron chi connectivity index (χ0n) is 15.6. The molecule has 3 rings (SSSR count). The maximum absolute atomic E-state index is 13.3. The average Bonchev–Trinajstić information content (AvgIpc) is 2.68.